The van der Waals surface area contributed by atoms with Crippen molar-refractivity contribution in [3.63, 3.8) is 0 Å². The van der Waals surface area contributed by atoms with E-state index in [1.54, 1.807) is 21.9 Å². The molecule has 0 unspecified atom stereocenters. The summed E-state index contributed by atoms with van der Waals surface area (Å²) >= 11 is 0. The summed E-state index contributed by atoms with van der Waals surface area (Å²) in [6.07, 6.45) is -0.970. The molecule has 7 nitrogen and oxygen atoms in total. The lowest BCUT2D eigenvalue weighted by atomic mass is 10.0. The monoisotopic (exact) mass is 586 g/mol. The number of aromatic nitrogens is 3. The first-order valence-corrected chi connectivity index (χ1v) is 13.2. The lowest BCUT2D eigenvalue weighted by molar-refractivity contribution is -0.140. The van der Waals surface area contributed by atoms with Gasteiger partial charge in [0.05, 0.1) is 29.3 Å². The number of benzene rings is 2. The number of amides is 1. The molecular weight excluding hydrogens is 562 g/mol. The molecule has 0 saturated carbocycles. The highest BCUT2D eigenvalue weighted by Crippen LogP contribution is 2.39. The van der Waals surface area contributed by atoms with Crippen molar-refractivity contribution in [3.8, 4) is 16.9 Å². The number of hydrogen-bond acceptors (Lipinski definition) is 5. The van der Waals surface area contributed by atoms with E-state index in [1.807, 2.05) is 0 Å². The van der Waals surface area contributed by atoms with Crippen molar-refractivity contribution in [3.05, 3.63) is 89.1 Å². The van der Waals surface area contributed by atoms with Gasteiger partial charge in [-0.2, -0.15) is 18.3 Å². The maximum atomic E-state index is 14.6. The van der Waals surface area contributed by atoms with Crippen LogP contribution in [-0.2, 0) is 6.18 Å². The first kappa shape index (κ1) is 27.6. The average Bonchev–Trinajstić information content (AvgIpc) is 3.62. The summed E-state index contributed by atoms with van der Waals surface area (Å²) in [7, 11) is 0. The molecule has 2 aromatic heterocycles. The summed E-state index contributed by atoms with van der Waals surface area (Å²) < 4.78 is 84.9. The minimum Gasteiger partial charge on any atom is -0.366 e. The van der Waals surface area contributed by atoms with Gasteiger partial charge in [0.1, 0.15) is 11.5 Å². The van der Waals surface area contributed by atoms with Crippen molar-refractivity contribution < 1.29 is 31.1 Å². The van der Waals surface area contributed by atoms with E-state index < -0.39 is 35.1 Å². The highest BCUT2D eigenvalue weighted by atomic mass is 19.4. The highest BCUT2D eigenvalue weighted by Gasteiger charge is 2.37. The molecular formula is C29H24F6N6O. The molecule has 1 fully saturated rings. The Morgan fingerprint density at radius 1 is 1.02 bits per heavy atom. The first-order valence-electron chi connectivity index (χ1n) is 13.2. The Labute approximate surface area is 236 Å². The predicted octanol–water partition coefficient (Wildman–Crippen LogP) is 6.17. The first-order chi connectivity index (χ1) is 20.0. The van der Waals surface area contributed by atoms with E-state index in [4.69, 9.17) is 0 Å². The van der Waals surface area contributed by atoms with Crippen LogP contribution in [0.2, 0.25) is 0 Å². The van der Waals surface area contributed by atoms with Crippen molar-refractivity contribution in [1.29, 1.82) is 0 Å². The molecule has 1 amide bonds. The van der Waals surface area contributed by atoms with Crippen LogP contribution in [0.5, 0.6) is 0 Å². The second-order valence-corrected chi connectivity index (χ2v) is 10.3. The van der Waals surface area contributed by atoms with Crippen molar-refractivity contribution in [2.24, 2.45) is 0 Å². The molecule has 2 aliphatic heterocycles. The van der Waals surface area contributed by atoms with Gasteiger partial charge in [-0.1, -0.05) is 0 Å². The zero-order chi connectivity index (χ0) is 29.8. The molecule has 4 aromatic rings. The van der Waals surface area contributed by atoms with Crippen LogP contribution in [0.3, 0.4) is 0 Å². The van der Waals surface area contributed by atoms with Gasteiger partial charge in [-0.25, -0.2) is 17.9 Å². The van der Waals surface area contributed by atoms with Crippen molar-refractivity contribution in [2.75, 3.05) is 30.0 Å². The summed E-state index contributed by atoms with van der Waals surface area (Å²) in [6.45, 7) is 2.14. The molecule has 0 atom stereocenters. The fourth-order valence-corrected chi connectivity index (χ4v) is 5.55. The Kier molecular flexibility index (Phi) is 6.82. The lowest BCUT2D eigenvalue weighted by Crippen LogP contribution is -2.47. The van der Waals surface area contributed by atoms with Crippen LogP contribution in [0.15, 0.2) is 54.9 Å². The van der Waals surface area contributed by atoms with Gasteiger partial charge in [0.2, 0.25) is 0 Å². The Hall–Kier alpha value is -4.55. The van der Waals surface area contributed by atoms with Crippen LogP contribution in [0, 0.1) is 24.4 Å². The van der Waals surface area contributed by atoms with E-state index in [9.17, 15) is 31.1 Å². The molecule has 0 spiro atoms. The summed E-state index contributed by atoms with van der Waals surface area (Å²) in [5, 5.41) is 7.43. The number of nitrogens with one attached hydrogen (secondary N) is 1. The van der Waals surface area contributed by atoms with E-state index in [-0.39, 0.29) is 28.7 Å². The number of nitrogens with zero attached hydrogens (tertiary/aromatic N) is 5. The van der Waals surface area contributed by atoms with Crippen LogP contribution in [-0.4, -0.2) is 51.4 Å². The van der Waals surface area contributed by atoms with E-state index in [0.717, 1.165) is 6.07 Å². The van der Waals surface area contributed by atoms with Crippen LogP contribution < -0.4 is 10.2 Å². The second kappa shape index (κ2) is 10.4. The topological polar surface area (TPSA) is 66.3 Å². The summed E-state index contributed by atoms with van der Waals surface area (Å²) in [6, 6.07) is 9.09. The van der Waals surface area contributed by atoms with E-state index in [2.05, 4.69) is 15.4 Å². The molecule has 1 saturated heterocycles. The number of carbonyl (C=O) groups is 1. The van der Waals surface area contributed by atoms with Crippen LogP contribution in [0.1, 0.15) is 34.5 Å². The van der Waals surface area contributed by atoms with E-state index in [1.165, 1.54) is 42.2 Å². The largest absolute Gasteiger partial charge is 0.419 e. The molecule has 0 radical (unpaired) electrons. The van der Waals surface area contributed by atoms with Crippen molar-refractivity contribution in [1.82, 2.24) is 19.7 Å². The highest BCUT2D eigenvalue weighted by molar-refractivity contribution is 5.93. The minimum absolute atomic E-state index is 0.0101. The van der Waals surface area contributed by atoms with Gasteiger partial charge in [0.25, 0.3) is 5.91 Å². The molecule has 2 aliphatic rings. The molecule has 42 heavy (non-hydrogen) atoms. The Morgan fingerprint density at radius 2 is 1.79 bits per heavy atom. The van der Waals surface area contributed by atoms with Crippen molar-refractivity contribution in [2.45, 2.75) is 32.0 Å². The van der Waals surface area contributed by atoms with Crippen LogP contribution >= 0.6 is 0 Å². The number of anilines is 2. The van der Waals surface area contributed by atoms with Gasteiger partial charge in [-0.15, -0.1) is 0 Å². The zero-order valence-electron chi connectivity index (χ0n) is 22.2. The number of rotatable bonds is 4. The number of fused-ring (bicyclic) bond motifs is 1. The molecule has 4 heterocycles. The molecule has 13 heteroatoms. The van der Waals surface area contributed by atoms with Gasteiger partial charge in [0.15, 0.2) is 17.3 Å². The molecule has 0 aliphatic carbocycles. The fourth-order valence-electron chi connectivity index (χ4n) is 5.55. The second-order valence-electron chi connectivity index (χ2n) is 10.3. The Morgan fingerprint density at radius 3 is 2.48 bits per heavy atom. The Balaban J connectivity index is 1.28. The summed E-state index contributed by atoms with van der Waals surface area (Å²) in [5.41, 5.74) is -0.258. The van der Waals surface area contributed by atoms with Crippen molar-refractivity contribution >= 4 is 17.3 Å². The minimum atomic E-state index is -4.93. The van der Waals surface area contributed by atoms with Crippen LogP contribution in [0.25, 0.3) is 16.9 Å². The van der Waals surface area contributed by atoms with E-state index in [0.29, 0.717) is 55.6 Å². The summed E-state index contributed by atoms with van der Waals surface area (Å²) in [4.78, 5) is 21.0. The molecule has 218 valence electrons. The number of likely N-dealkylation sites (tertiary alicyclic amines) is 1. The quantitative estimate of drug-likeness (QED) is 0.290. The third-order valence-corrected chi connectivity index (χ3v) is 7.66. The number of hydrogen-bond donors (Lipinski definition) is 1. The maximum absolute atomic E-state index is 14.6. The molecule has 1 N–H and O–H groups in total. The number of carbonyl (C=O) groups excluding carboxylic acids is 1. The summed E-state index contributed by atoms with van der Waals surface area (Å²) in [5.74, 6) is -3.67. The predicted molar refractivity (Wildman–Crippen MR) is 143 cm³/mol. The fraction of sp³-hybridized carbons (Fsp3) is 0.276. The third kappa shape index (κ3) is 4.82. The molecule has 2 aromatic carbocycles. The third-order valence-electron chi connectivity index (χ3n) is 7.66. The maximum Gasteiger partial charge on any atom is 0.419 e. The Bertz CT molecular complexity index is 1660. The van der Waals surface area contributed by atoms with Crippen LogP contribution in [0.4, 0.5) is 37.7 Å². The van der Waals surface area contributed by atoms with Gasteiger partial charge in [0, 0.05) is 37.1 Å². The SMILES string of the molecule is Cc1cc(-n2nc(C(=O)N3CCC(N4CNc5ccc(F)c(F)c54)CC3)cc2-c2cccnc2)cc(C(F)(F)F)c1F. The lowest BCUT2D eigenvalue weighted by Gasteiger charge is -2.37. The standard InChI is InChI=1S/C29H24F6N6O/c1-16-11-19(12-20(25(16)31)29(33,34)35)41-24(17-3-2-8-36-14-17)13-23(38-41)28(42)39-9-6-18(7-10-39)40-15-37-22-5-4-21(30)26(32)27(22)40/h2-5,8,11-14,18,37H,6-7,9-10,15H2,1H3. The van der Waals surface area contributed by atoms with Gasteiger partial charge >= 0.3 is 6.18 Å². The number of halogens is 6. The number of aryl methyl sites for hydroxylation is 1. The van der Waals surface area contributed by atoms with E-state index >= 15 is 0 Å². The van der Waals surface area contributed by atoms with Gasteiger partial charge in [-0.05, 0) is 67.8 Å². The molecule has 0 bridgehead atoms. The van der Waals surface area contributed by atoms with Gasteiger partial charge < -0.3 is 15.1 Å². The zero-order valence-corrected chi connectivity index (χ0v) is 22.2. The normalized spacial score (nSPS) is 15.6. The average molecular weight is 587 g/mol. The number of alkyl halides is 3. The number of piperidine rings is 1. The van der Waals surface area contributed by atoms with Gasteiger partial charge in [-0.3, -0.25) is 9.78 Å². The number of pyridine rings is 1. The molecule has 6 rings (SSSR count). The smallest absolute Gasteiger partial charge is 0.366 e.